The van der Waals surface area contributed by atoms with E-state index in [0.29, 0.717) is 36.9 Å². The highest BCUT2D eigenvalue weighted by molar-refractivity contribution is 6.68. The van der Waals surface area contributed by atoms with E-state index >= 15 is 0 Å². The van der Waals surface area contributed by atoms with Crippen LogP contribution in [-0.4, -0.2) is 39.8 Å². The molecule has 3 N–H and O–H groups in total. The number of hydrogen-bond donors (Lipinski definition) is 2. The number of rotatable bonds is 4. The van der Waals surface area contributed by atoms with Gasteiger partial charge in [0.2, 0.25) is 9.70 Å². The quantitative estimate of drug-likeness (QED) is 0.554. The molecule has 1 fully saturated rings. The number of likely N-dealkylation sites (tertiary alicyclic amines) is 1. The summed E-state index contributed by atoms with van der Waals surface area (Å²) in [5, 5.41) is 3.20. The standard InChI is InChI=1S/C18H18Cl3N3O4/c19-18(20,21)17(24-7-5-10(6-8-24)14(22)25)23-15(26)12-9-11-3-1-2-4-13(11)28-16(12)27/h1-4,9-10,17H,5-8H2,(H2,22,25)(H,23,26). The summed E-state index contributed by atoms with van der Waals surface area (Å²) in [5.74, 6) is -1.34. The molecule has 0 saturated carbocycles. The van der Waals surface area contributed by atoms with Crippen molar-refractivity contribution in [2.45, 2.75) is 22.8 Å². The average molecular weight is 447 g/mol. The van der Waals surface area contributed by atoms with Crippen molar-refractivity contribution in [1.29, 1.82) is 0 Å². The van der Waals surface area contributed by atoms with Gasteiger partial charge in [-0.1, -0.05) is 53.0 Å². The SMILES string of the molecule is NC(=O)C1CCN(C(NC(=O)c2cc3ccccc3oc2=O)C(Cl)(Cl)Cl)CC1. The summed E-state index contributed by atoms with van der Waals surface area (Å²) in [6.07, 6.45) is -0.0223. The van der Waals surface area contributed by atoms with Gasteiger partial charge in [0.1, 0.15) is 17.3 Å². The molecular weight excluding hydrogens is 429 g/mol. The van der Waals surface area contributed by atoms with Crippen molar-refractivity contribution in [2.24, 2.45) is 11.7 Å². The number of fused-ring (bicyclic) bond motifs is 1. The number of benzene rings is 1. The molecule has 1 aromatic heterocycles. The van der Waals surface area contributed by atoms with Crippen LogP contribution in [0.3, 0.4) is 0 Å². The van der Waals surface area contributed by atoms with E-state index in [-0.39, 0.29) is 17.4 Å². The van der Waals surface area contributed by atoms with E-state index in [9.17, 15) is 14.4 Å². The summed E-state index contributed by atoms with van der Waals surface area (Å²) in [5.41, 5.74) is 4.74. The fourth-order valence-corrected chi connectivity index (χ4v) is 3.82. The first-order valence-corrected chi connectivity index (χ1v) is 9.74. The van der Waals surface area contributed by atoms with Gasteiger partial charge in [0.25, 0.3) is 5.91 Å². The fraction of sp³-hybridized carbons (Fsp3) is 0.389. The van der Waals surface area contributed by atoms with Crippen molar-refractivity contribution < 1.29 is 14.0 Å². The molecule has 1 aliphatic heterocycles. The van der Waals surface area contributed by atoms with Gasteiger partial charge in [0.05, 0.1) is 0 Å². The summed E-state index contributed by atoms with van der Waals surface area (Å²) < 4.78 is 3.33. The number of nitrogens with zero attached hydrogens (tertiary/aromatic N) is 1. The third kappa shape index (κ3) is 4.60. The molecule has 0 bridgehead atoms. The number of hydrogen-bond acceptors (Lipinski definition) is 5. The van der Waals surface area contributed by atoms with E-state index in [1.807, 2.05) is 0 Å². The molecule has 1 unspecified atom stereocenters. The zero-order chi connectivity index (χ0) is 20.5. The average Bonchev–Trinajstić information content (AvgIpc) is 2.64. The second-order valence-electron chi connectivity index (χ2n) is 6.62. The van der Waals surface area contributed by atoms with Crippen molar-refractivity contribution >= 4 is 57.6 Å². The van der Waals surface area contributed by atoms with Crippen LogP contribution in [0.25, 0.3) is 11.0 Å². The predicted octanol–water partition coefficient (Wildman–Crippen LogP) is 2.42. The molecule has 0 radical (unpaired) electrons. The molecule has 2 aromatic rings. The van der Waals surface area contributed by atoms with E-state index in [1.54, 1.807) is 29.2 Å². The van der Waals surface area contributed by atoms with Crippen molar-refractivity contribution in [3.05, 3.63) is 46.3 Å². The van der Waals surface area contributed by atoms with Gasteiger partial charge in [-0.05, 0) is 25.0 Å². The summed E-state index contributed by atoms with van der Waals surface area (Å²) in [6, 6.07) is 8.27. The van der Waals surface area contributed by atoms with Crippen LogP contribution in [-0.2, 0) is 4.79 Å². The van der Waals surface area contributed by atoms with Crippen LogP contribution < -0.4 is 16.7 Å². The first-order chi connectivity index (χ1) is 13.2. The molecule has 150 valence electrons. The molecule has 1 atom stereocenters. The third-order valence-corrected chi connectivity index (χ3v) is 5.38. The maximum atomic E-state index is 12.7. The van der Waals surface area contributed by atoms with E-state index in [4.69, 9.17) is 45.0 Å². The van der Waals surface area contributed by atoms with Crippen molar-refractivity contribution in [3.63, 3.8) is 0 Å². The molecule has 1 aliphatic rings. The molecule has 0 aliphatic carbocycles. The number of alkyl halides is 3. The number of primary amides is 1. The number of nitrogens with two attached hydrogens (primary N) is 1. The van der Waals surface area contributed by atoms with Crippen LogP contribution in [0.5, 0.6) is 0 Å². The van der Waals surface area contributed by atoms with Crippen LogP contribution in [0, 0.1) is 5.92 Å². The smallest absolute Gasteiger partial charge is 0.349 e. The van der Waals surface area contributed by atoms with Gasteiger partial charge in [-0.2, -0.15) is 0 Å². The van der Waals surface area contributed by atoms with Gasteiger partial charge in [-0.3, -0.25) is 14.5 Å². The van der Waals surface area contributed by atoms with Crippen LogP contribution in [0.2, 0.25) is 0 Å². The van der Waals surface area contributed by atoms with Gasteiger partial charge in [0, 0.05) is 24.4 Å². The molecule has 28 heavy (non-hydrogen) atoms. The van der Waals surface area contributed by atoms with Crippen LogP contribution >= 0.6 is 34.8 Å². The first-order valence-electron chi connectivity index (χ1n) is 8.60. The molecule has 1 saturated heterocycles. The molecule has 2 heterocycles. The van der Waals surface area contributed by atoms with Crippen LogP contribution in [0.15, 0.2) is 39.5 Å². The number of para-hydroxylation sites is 1. The Labute approximate surface area is 175 Å². The Morgan fingerprint density at radius 3 is 2.46 bits per heavy atom. The summed E-state index contributed by atoms with van der Waals surface area (Å²) in [4.78, 5) is 38.0. The number of carbonyl (C=O) groups is 2. The largest absolute Gasteiger partial charge is 0.422 e. The summed E-state index contributed by atoms with van der Waals surface area (Å²) in [6.45, 7) is 0.803. The Balaban J connectivity index is 1.82. The second-order valence-corrected chi connectivity index (χ2v) is 8.98. The number of amides is 2. The van der Waals surface area contributed by atoms with Gasteiger partial charge in [-0.25, -0.2) is 4.79 Å². The monoisotopic (exact) mass is 445 g/mol. The first kappa shape index (κ1) is 20.9. The predicted molar refractivity (Wildman–Crippen MR) is 108 cm³/mol. The highest BCUT2D eigenvalue weighted by atomic mass is 35.6. The Hall–Kier alpha value is -1.80. The zero-order valence-corrected chi connectivity index (χ0v) is 16.9. The number of piperidine rings is 1. The van der Waals surface area contributed by atoms with E-state index in [2.05, 4.69) is 5.32 Å². The van der Waals surface area contributed by atoms with Crippen molar-refractivity contribution in [1.82, 2.24) is 10.2 Å². The third-order valence-electron chi connectivity index (χ3n) is 4.76. The van der Waals surface area contributed by atoms with E-state index in [1.165, 1.54) is 6.07 Å². The zero-order valence-electron chi connectivity index (χ0n) is 14.7. The molecule has 7 nitrogen and oxygen atoms in total. The second kappa shape index (κ2) is 8.29. The molecule has 10 heteroatoms. The van der Waals surface area contributed by atoms with Crippen molar-refractivity contribution in [2.75, 3.05) is 13.1 Å². The number of nitrogens with one attached hydrogen (secondary N) is 1. The maximum absolute atomic E-state index is 12.7. The topological polar surface area (TPSA) is 106 Å². The number of halogens is 3. The maximum Gasteiger partial charge on any atom is 0.349 e. The molecule has 2 amide bonds. The van der Waals surface area contributed by atoms with Crippen LogP contribution in [0.4, 0.5) is 0 Å². The van der Waals surface area contributed by atoms with Gasteiger partial charge in [0.15, 0.2) is 0 Å². The fourth-order valence-electron chi connectivity index (χ4n) is 3.24. The van der Waals surface area contributed by atoms with E-state index in [0.717, 1.165) is 0 Å². The van der Waals surface area contributed by atoms with Gasteiger partial charge < -0.3 is 15.5 Å². The highest BCUT2D eigenvalue weighted by Gasteiger charge is 2.40. The van der Waals surface area contributed by atoms with Gasteiger partial charge in [-0.15, -0.1) is 0 Å². The molecular formula is C18H18Cl3N3O4. The lowest BCUT2D eigenvalue weighted by atomic mass is 9.96. The molecule has 3 rings (SSSR count). The summed E-state index contributed by atoms with van der Waals surface area (Å²) in [7, 11) is 0. The minimum absolute atomic E-state index is 0.190. The minimum Gasteiger partial charge on any atom is -0.422 e. The molecule has 0 spiro atoms. The lowest BCUT2D eigenvalue weighted by Crippen LogP contribution is -2.58. The highest BCUT2D eigenvalue weighted by Crippen LogP contribution is 2.34. The Morgan fingerprint density at radius 1 is 1.21 bits per heavy atom. The van der Waals surface area contributed by atoms with Gasteiger partial charge >= 0.3 is 5.63 Å². The van der Waals surface area contributed by atoms with Crippen molar-refractivity contribution in [3.8, 4) is 0 Å². The normalized spacial score (nSPS) is 17.4. The molecule has 1 aromatic carbocycles. The van der Waals surface area contributed by atoms with Crippen LogP contribution in [0.1, 0.15) is 23.2 Å². The lowest BCUT2D eigenvalue weighted by Gasteiger charge is -2.39. The Bertz CT molecular complexity index is 949. The number of carbonyl (C=O) groups excluding carboxylic acids is 2. The van der Waals surface area contributed by atoms with E-state index < -0.39 is 21.5 Å². The summed E-state index contributed by atoms with van der Waals surface area (Å²) >= 11 is 18.2. The minimum atomic E-state index is -1.85. The lowest BCUT2D eigenvalue weighted by molar-refractivity contribution is -0.123. The Morgan fingerprint density at radius 2 is 1.86 bits per heavy atom. The Kier molecular flexibility index (Phi) is 6.19.